The summed E-state index contributed by atoms with van der Waals surface area (Å²) in [4.78, 5) is 2.67. The fourth-order valence-electron chi connectivity index (χ4n) is 3.79. The molecule has 2 unspecified atom stereocenters. The van der Waals surface area contributed by atoms with Crippen LogP contribution in [0, 0.1) is 6.92 Å². The number of benzene rings is 1. The van der Waals surface area contributed by atoms with Gasteiger partial charge in [0.15, 0.2) is 0 Å². The number of fused-ring (bicyclic) bond motifs is 2. The van der Waals surface area contributed by atoms with E-state index in [0.29, 0.717) is 0 Å². The highest BCUT2D eigenvalue weighted by Crippen LogP contribution is 2.30. The predicted molar refractivity (Wildman–Crippen MR) is 87.9 cm³/mol. The highest BCUT2D eigenvalue weighted by molar-refractivity contribution is 9.10. The maximum atomic E-state index is 3.75. The van der Waals surface area contributed by atoms with E-state index in [1.807, 2.05) is 0 Å². The van der Waals surface area contributed by atoms with Gasteiger partial charge in [-0.2, -0.15) is 0 Å². The first-order valence-electron chi connectivity index (χ1n) is 7.91. The van der Waals surface area contributed by atoms with Gasteiger partial charge in [0, 0.05) is 29.1 Å². The molecule has 3 rings (SSSR count). The minimum Gasteiger partial charge on any atom is -0.311 e. The van der Waals surface area contributed by atoms with Crippen molar-refractivity contribution in [1.29, 1.82) is 0 Å². The minimum absolute atomic E-state index is 0.763. The zero-order valence-electron chi connectivity index (χ0n) is 12.5. The molecular formula is C17H25BrN2. The van der Waals surface area contributed by atoms with Crippen LogP contribution in [0.15, 0.2) is 22.7 Å². The van der Waals surface area contributed by atoms with E-state index in [1.54, 1.807) is 0 Å². The molecule has 0 radical (unpaired) electrons. The molecule has 1 N–H and O–H groups in total. The summed E-state index contributed by atoms with van der Waals surface area (Å²) in [5.74, 6) is 0. The van der Waals surface area contributed by atoms with Crippen molar-refractivity contribution in [3.05, 3.63) is 33.8 Å². The van der Waals surface area contributed by atoms with Crippen LogP contribution in [0.4, 0.5) is 0 Å². The van der Waals surface area contributed by atoms with E-state index >= 15 is 0 Å². The molecule has 0 aliphatic carbocycles. The molecule has 1 aromatic carbocycles. The largest absolute Gasteiger partial charge is 0.311 e. The van der Waals surface area contributed by atoms with Gasteiger partial charge in [-0.1, -0.05) is 35.0 Å². The summed E-state index contributed by atoms with van der Waals surface area (Å²) < 4.78 is 1.23. The van der Waals surface area contributed by atoms with Crippen LogP contribution in [0.25, 0.3) is 0 Å². The predicted octanol–water partition coefficient (Wildman–Crippen LogP) is 3.86. The Morgan fingerprint density at radius 3 is 2.55 bits per heavy atom. The van der Waals surface area contributed by atoms with Gasteiger partial charge in [-0.3, -0.25) is 4.90 Å². The van der Waals surface area contributed by atoms with Crippen molar-refractivity contribution >= 4 is 15.9 Å². The maximum absolute atomic E-state index is 3.75. The fraction of sp³-hybridized carbons (Fsp3) is 0.647. The molecule has 0 aromatic heterocycles. The molecule has 20 heavy (non-hydrogen) atoms. The minimum atomic E-state index is 0.763. The van der Waals surface area contributed by atoms with Gasteiger partial charge in [-0.25, -0.2) is 0 Å². The smallest absolute Gasteiger partial charge is 0.0236 e. The Kier molecular flexibility index (Phi) is 4.49. The average Bonchev–Trinajstić information content (AvgIpc) is 2.78. The molecule has 1 aromatic rings. The zero-order valence-corrected chi connectivity index (χ0v) is 14.1. The van der Waals surface area contributed by atoms with E-state index in [9.17, 15) is 0 Å². The van der Waals surface area contributed by atoms with Crippen LogP contribution in [-0.2, 0) is 6.54 Å². The SMILES string of the molecule is CCN(Cc1ccc(C)c(Br)c1)C1CC2CCC(C1)N2. The average molecular weight is 337 g/mol. The topological polar surface area (TPSA) is 15.3 Å². The van der Waals surface area contributed by atoms with Gasteiger partial charge >= 0.3 is 0 Å². The molecule has 2 heterocycles. The van der Waals surface area contributed by atoms with Crippen LogP contribution in [0.5, 0.6) is 0 Å². The van der Waals surface area contributed by atoms with Gasteiger partial charge in [0.1, 0.15) is 0 Å². The Morgan fingerprint density at radius 1 is 1.25 bits per heavy atom. The lowest BCUT2D eigenvalue weighted by molar-refractivity contribution is 0.140. The standard InChI is InChI=1S/C17H25BrN2/c1-3-20(11-13-5-4-12(2)17(18)8-13)16-9-14-6-7-15(10-16)19-14/h4-5,8,14-16,19H,3,6-7,9-11H2,1-2H3. The van der Waals surface area contributed by atoms with Crippen molar-refractivity contribution in [1.82, 2.24) is 10.2 Å². The Hall–Kier alpha value is -0.380. The van der Waals surface area contributed by atoms with Crippen LogP contribution in [0.3, 0.4) is 0 Å². The maximum Gasteiger partial charge on any atom is 0.0236 e. The molecule has 0 amide bonds. The highest BCUT2D eigenvalue weighted by Gasteiger charge is 2.35. The Balaban J connectivity index is 1.68. The first-order valence-corrected chi connectivity index (χ1v) is 8.70. The quantitative estimate of drug-likeness (QED) is 0.897. The summed E-state index contributed by atoms with van der Waals surface area (Å²) in [6, 6.07) is 9.10. The van der Waals surface area contributed by atoms with Gasteiger partial charge in [-0.15, -0.1) is 0 Å². The molecule has 2 nitrogen and oxygen atoms in total. The van der Waals surface area contributed by atoms with E-state index in [-0.39, 0.29) is 0 Å². The number of nitrogens with zero attached hydrogens (tertiary/aromatic N) is 1. The number of halogens is 1. The van der Waals surface area contributed by atoms with E-state index in [0.717, 1.165) is 31.2 Å². The van der Waals surface area contributed by atoms with Crippen LogP contribution in [0.1, 0.15) is 43.7 Å². The van der Waals surface area contributed by atoms with Gasteiger partial charge in [0.05, 0.1) is 0 Å². The van der Waals surface area contributed by atoms with Crippen molar-refractivity contribution in [2.45, 2.75) is 64.2 Å². The molecular weight excluding hydrogens is 312 g/mol. The van der Waals surface area contributed by atoms with Crippen LogP contribution in [-0.4, -0.2) is 29.6 Å². The van der Waals surface area contributed by atoms with E-state index < -0.39 is 0 Å². The van der Waals surface area contributed by atoms with Crippen LogP contribution in [0.2, 0.25) is 0 Å². The molecule has 110 valence electrons. The van der Waals surface area contributed by atoms with Crippen molar-refractivity contribution in [2.75, 3.05) is 6.54 Å². The van der Waals surface area contributed by atoms with Crippen molar-refractivity contribution < 1.29 is 0 Å². The second-order valence-electron chi connectivity index (χ2n) is 6.41. The van der Waals surface area contributed by atoms with Crippen molar-refractivity contribution in [3.63, 3.8) is 0 Å². The zero-order chi connectivity index (χ0) is 14.1. The third-order valence-corrected chi connectivity index (χ3v) is 5.85. The van der Waals surface area contributed by atoms with Crippen molar-refractivity contribution in [3.8, 4) is 0 Å². The molecule has 3 heteroatoms. The third-order valence-electron chi connectivity index (χ3n) is 4.99. The first kappa shape index (κ1) is 14.6. The normalized spacial score (nSPS) is 29.1. The second kappa shape index (κ2) is 6.17. The number of rotatable bonds is 4. The Morgan fingerprint density at radius 2 is 1.95 bits per heavy atom. The lowest BCUT2D eigenvalue weighted by Crippen LogP contribution is -2.47. The Bertz CT molecular complexity index is 462. The van der Waals surface area contributed by atoms with Crippen LogP contribution < -0.4 is 5.32 Å². The first-order chi connectivity index (χ1) is 9.65. The number of piperidine rings is 1. The highest BCUT2D eigenvalue weighted by atomic mass is 79.9. The molecule has 2 aliphatic heterocycles. The van der Waals surface area contributed by atoms with Gasteiger partial charge in [-0.05, 0) is 56.3 Å². The molecule has 2 bridgehead atoms. The lowest BCUT2D eigenvalue weighted by atomic mass is 9.97. The number of hydrogen-bond acceptors (Lipinski definition) is 2. The van der Waals surface area contributed by atoms with Crippen LogP contribution >= 0.6 is 15.9 Å². The van der Waals surface area contributed by atoms with E-state index in [2.05, 4.69) is 58.2 Å². The summed E-state index contributed by atoms with van der Waals surface area (Å²) >= 11 is 3.65. The monoisotopic (exact) mass is 336 g/mol. The third kappa shape index (κ3) is 3.10. The fourth-order valence-corrected chi connectivity index (χ4v) is 4.22. The number of hydrogen-bond donors (Lipinski definition) is 1. The Labute approximate surface area is 131 Å². The molecule has 0 spiro atoms. The summed E-state index contributed by atoms with van der Waals surface area (Å²) in [6.45, 7) is 6.68. The summed E-state index contributed by atoms with van der Waals surface area (Å²) in [5, 5.41) is 3.75. The molecule has 0 saturated carbocycles. The number of nitrogens with one attached hydrogen (secondary N) is 1. The van der Waals surface area contributed by atoms with Crippen molar-refractivity contribution in [2.24, 2.45) is 0 Å². The van der Waals surface area contributed by atoms with Gasteiger partial charge in [0.25, 0.3) is 0 Å². The van der Waals surface area contributed by atoms with Gasteiger partial charge < -0.3 is 5.32 Å². The molecule has 2 fully saturated rings. The van der Waals surface area contributed by atoms with E-state index in [1.165, 1.54) is 41.3 Å². The summed E-state index contributed by atoms with van der Waals surface area (Å²) in [6.07, 6.45) is 5.43. The number of aryl methyl sites for hydroxylation is 1. The molecule has 2 atom stereocenters. The van der Waals surface area contributed by atoms with E-state index in [4.69, 9.17) is 0 Å². The molecule has 2 saturated heterocycles. The second-order valence-corrected chi connectivity index (χ2v) is 7.26. The lowest BCUT2D eigenvalue weighted by Gasteiger charge is -2.37. The van der Waals surface area contributed by atoms with Gasteiger partial charge in [0.2, 0.25) is 0 Å². The summed E-state index contributed by atoms with van der Waals surface area (Å²) in [7, 11) is 0. The molecule has 2 aliphatic rings. The summed E-state index contributed by atoms with van der Waals surface area (Å²) in [5.41, 5.74) is 2.74.